The van der Waals surface area contributed by atoms with Gasteiger partial charge in [0.05, 0.1) is 0 Å². The lowest BCUT2D eigenvalue weighted by molar-refractivity contribution is 0.451. The second-order valence-electron chi connectivity index (χ2n) is 6.06. The second-order valence-corrected chi connectivity index (χ2v) is 6.06. The number of pyridine rings is 1. The Hall–Kier alpha value is -2.03. The molecule has 118 valence electrons. The molecule has 0 radical (unpaired) electrons. The van der Waals surface area contributed by atoms with Crippen LogP contribution in [0.4, 0.5) is 5.69 Å². The van der Waals surface area contributed by atoms with Crippen molar-refractivity contribution in [2.24, 2.45) is 0 Å². The van der Waals surface area contributed by atoms with Crippen molar-refractivity contribution in [2.45, 2.75) is 41.5 Å². The van der Waals surface area contributed by atoms with Crippen molar-refractivity contribution in [3.05, 3.63) is 46.1 Å². The van der Waals surface area contributed by atoms with E-state index in [4.69, 9.17) is 4.74 Å². The highest BCUT2D eigenvalue weighted by Crippen LogP contribution is 2.34. The first-order valence-corrected chi connectivity index (χ1v) is 7.78. The van der Waals surface area contributed by atoms with E-state index in [2.05, 4.69) is 69.7 Å². The Morgan fingerprint density at radius 2 is 1.59 bits per heavy atom. The van der Waals surface area contributed by atoms with Gasteiger partial charge in [-0.2, -0.15) is 0 Å². The van der Waals surface area contributed by atoms with Crippen molar-refractivity contribution >= 4 is 5.69 Å². The van der Waals surface area contributed by atoms with Crippen LogP contribution in [0.3, 0.4) is 0 Å². The molecule has 0 fully saturated rings. The van der Waals surface area contributed by atoms with Gasteiger partial charge in [-0.15, -0.1) is 0 Å². The third-order valence-electron chi connectivity index (χ3n) is 4.02. The number of ether oxygens (including phenoxy) is 1. The molecule has 0 atom stereocenters. The van der Waals surface area contributed by atoms with Crippen molar-refractivity contribution in [3.8, 4) is 11.6 Å². The van der Waals surface area contributed by atoms with Gasteiger partial charge in [0.1, 0.15) is 5.75 Å². The van der Waals surface area contributed by atoms with Crippen molar-refractivity contribution in [1.29, 1.82) is 0 Å². The molecule has 0 amide bonds. The highest BCUT2D eigenvalue weighted by atomic mass is 16.5. The molecular weight excluding hydrogens is 272 g/mol. The molecule has 3 heteroatoms. The highest BCUT2D eigenvalue weighted by molar-refractivity contribution is 5.58. The molecule has 0 spiro atoms. The Morgan fingerprint density at radius 1 is 1.00 bits per heavy atom. The van der Waals surface area contributed by atoms with Crippen LogP contribution in [0.15, 0.2) is 18.2 Å². The van der Waals surface area contributed by atoms with Gasteiger partial charge in [-0.1, -0.05) is 17.7 Å². The lowest BCUT2D eigenvalue weighted by atomic mass is 10.1. The summed E-state index contributed by atoms with van der Waals surface area (Å²) in [4.78, 5) is 6.82. The molecule has 0 saturated heterocycles. The maximum Gasteiger partial charge on any atom is 0.224 e. The van der Waals surface area contributed by atoms with Crippen LogP contribution in [0.2, 0.25) is 0 Å². The predicted molar refractivity (Wildman–Crippen MR) is 93.4 cm³/mol. The third kappa shape index (κ3) is 3.24. The summed E-state index contributed by atoms with van der Waals surface area (Å²) in [5.74, 6) is 1.61. The van der Waals surface area contributed by atoms with E-state index >= 15 is 0 Å². The summed E-state index contributed by atoms with van der Waals surface area (Å²) in [5.41, 5.74) is 6.76. The molecule has 0 N–H and O–H groups in total. The fourth-order valence-electron chi connectivity index (χ4n) is 2.78. The van der Waals surface area contributed by atoms with E-state index in [9.17, 15) is 0 Å². The van der Waals surface area contributed by atoms with E-state index in [1.807, 2.05) is 6.92 Å². The Labute approximate surface area is 134 Å². The zero-order valence-electron chi connectivity index (χ0n) is 14.7. The van der Waals surface area contributed by atoms with Crippen LogP contribution in [0.25, 0.3) is 0 Å². The first-order chi connectivity index (χ1) is 10.3. The second kappa shape index (κ2) is 6.39. The topological polar surface area (TPSA) is 25.4 Å². The first-order valence-electron chi connectivity index (χ1n) is 7.78. The van der Waals surface area contributed by atoms with Gasteiger partial charge in [0, 0.05) is 30.5 Å². The van der Waals surface area contributed by atoms with Gasteiger partial charge in [-0.3, -0.25) is 0 Å². The average molecular weight is 298 g/mol. The molecule has 0 unspecified atom stereocenters. The summed E-state index contributed by atoms with van der Waals surface area (Å²) in [5, 5.41) is 0. The Morgan fingerprint density at radius 3 is 2.14 bits per heavy atom. The van der Waals surface area contributed by atoms with Crippen LogP contribution in [-0.2, 0) is 0 Å². The quantitative estimate of drug-likeness (QED) is 0.805. The van der Waals surface area contributed by atoms with Gasteiger partial charge >= 0.3 is 0 Å². The van der Waals surface area contributed by atoms with Crippen LogP contribution >= 0.6 is 0 Å². The summed E-state index contributed by atoms with van der Waals surface area (Å²) in [6.07, 6.45) is 0. The molecule has 0 aliphatic heterocycles. The highest BCUT2D eigenvalue weighted by Gasteiger charge is 2.14. The summed E-state index contributed by atoms with van der Waals surface area (Å²) in [7, 11) is 2.09. The van der Waals surface area contributed by atoms with E-state index in [1.54, 1.807) is 0 Å². The number of aryl methyl sites for hydroxylation is 4. The first kappa shape index (κ1) is 16.3. The van der Waals surface area contributed by atoms with E-state index in [0.717, 1.165) is 34.7 Å². The Bertz CT molecular complexity index is 669. The lowest BCUT2D eigenvalue weighted by Crippen LogP contribution is -2.17. The van der Waals surface area contributed by atoms with Crippen molar-refractivity contribution < 1.29 is 4.74 Å². The smallest absolute Gasteiger partial charge is 0.224 e. The summed E-state index contributed by atoms with van der Waals surface area (Å²) < 4.78 is 6.20. The van der Waals surface area contributed by atoms with Gasteiger partial charge in [0.2, 0.25) is 5.88 Å². The van der Waals surface area contributed by atoms with Crippen LogP contribution < -0.4 is 9.64 Å². The molecule has 2 aromatic rings. The Kier molecular flexibility index (Phi) is 4.74. The molecular formula is C19H26N2O. The zero-order valence-corrected chi connectivity index (χ0v) is 14.7. The maximum atomic E-state index is 6.20. The molecule has 0 saturated carbocycles. The van der Waals surface area contributed by atoms with E-state index in [0.29, 0.717) is 5.88 Å². The van der Waals surface area contributed by atoms with E-state index in [1.165, 1.54) is 11.3 Å². The number of nitrogens with zero attached hydrogens (tertiary/aromatic N) is 2. The molecule has 0 aliphatic carbocycles. The lowest BCUT2D eigenvalue weighted by Gasteiger charge is -2.22. The minimum absolute atomic E-state index is 0.699. The SMILES string of the molecule is CCN(C)c1cc(C)nc(Oc2c(C)cc(C)cc2C)c1C. The zero-order chi connectivity index (χ0) is 16.4. The average Bonchev–Trinajstić information content (AvgIpc) is 2.44. The van der Waals surface area contributed by atoms with Gasteiger partial charge < -0.3 is 9.64 Å². The molecule has 0 aliphatic rings. The van der Waals surface area contributed by atoms with E-state index < -0.39 is 0 Å². The molecule has 1 aromatic heterocycles. The number of anilines is 1. The fourth-order valence-corrected chi connectivity index (χ4v) is 2.78. The van der Waals surface area contributed by atoms with Gasteiger partial charge in [-0.25, -0.2) is 4.98 Å². The number of rotatable bonds is 4. The van der Waals surface area contributed by atoms with Gasteiger partial charge in [0.25, 0.3) is 0 Å². The summed E-state index contributed by atoms with van der Waals surface area (Å²) in [6, 6.07) is 6.40. The normalized spacial score (nSPS) is 10.7. The number of aromatic nitrogens is 1. The minimum Gasteiger partial charge on any atom is -0.438 e. The van der Waals surface area contributed by atoms with Crippen molar-refractivity contribution in [1.82, 2.24) is 4.98 Å². The van der Waals surface area contributed by atoms with Crippen LogP contribution in [0, 0.1) is 34.6 Å². The van der Waals surface area contributed by atoms with Crippen LogP contribution in [0.1, 0.15) is 34.9 Å². The number of hydrogen-bond donors (Lipinski definition) is 0. The molecule has 1 heterocycles. The number of benzene rings is 1. The number of hydrogen-bond acceptors (Lipinski definition) is 3. The van der Waals surface area contributed by atoms with E-state index in [-0.39, 0.29) is 0 Å². The molecule has 0 bridgehead atoms. The molecule has 1 aromatic carbocycles. The molecule has 2 rings (SSSR count). The molecule has 3 nitrogen and oxygen atoms in total. The Balaban J connectivity index is 2.49. The predicted octanol–water partition coefficient (Wildman–Crippen LogP) is 4.87. The minimum atomic E-state index is 0.699. The van der Waals surface area contributed by atoms with Gasteiger partial charge in [-0.05, 0) is 58.7 Å². The van der Waals surface area contributed by atoms with Crippen molar-refractivity contribution in [2.75, 3.05) is 18.5 Å². The largest absolute Gasteiger partial charge is 0.438 e. The van der Waals surface area contributed by atoms with Crippen LogP contribution in [-0.4, -0.2) is 18.6 Å². The fraction of sp³-hybridized carbons (Fsp3) is 0.421. The van der Waals surface area contributed by atoms with Crippen molar-refractivity contribution in [3.63, 3.8) is 0 Å². The maximum absolute atomic E-state index is 6.20. The summed E-state index contributed by atoms with van der Waals surface area (Å²) >= 11 is 0. The monoisotopic (exact) mass is 298 g/mol. The standard InChI is InChI=1S/C19H26N2O/c1-8-21(7)17-11-15(5)20-19(16(17)6)22-18-13(3)9-12(2)10-14(18)4/h9-11H,8H2,1-7H3. The third-order valence-corrected chi connectivity index (χ3v) is 4.02. The molecule has 22 heavy (non-hydrogen) atoms. The summed E-state index contributed by atoms with van der Waals surface area (Å²) in [6.45, 7) is 13.4. The van der Waals surface area contributed by atoms with Crippen LogP contribution in [0.5, 0.6) is 11.6 Å². The van der Waals surface area contributed by atoms with Gasteiger partial charge in [0.15, 0.2) is 0 Å².